The summed E-state index contributed by atoms with van der Waals surface area (Å²) in [6, 6.07) is 24.2. The molecule has 0 aliphatic heterocycles. The van der Waals surface area contributed by atoms with Crippen molar-refractivity contribution in [3.05, 3.63) is 102 Å². The number of fused-ring (bicyclic) bond motifs is 1. The monoisotopic (exact) mass is 562 g/mol. The van der Waals surface area contributed by atoms with Gasteiger partial charge in [-0.3, -0.25) is 15.1 Å². The number of amides is 2. The highest BCUT2D eigenvalue weighted by Crippen LogP contribution is 2.35. The molecular weight excluding hydrogens is 528 g/mol. The Morgan fingerprint density at radius 1 is 0.929 bits per heavy atom. The molecular formula is C33H34N6O3. The van der Waals surface area contributed by atoms with Gasteiger partial charge in [-0.05, 0) is 37.3 Å². The van der Waals surface area contributed by atoms with E-state index in [4.69, 9.17) is 15.6 Å². The fraction of sp³-hybridized carbons (Fsp3) is 0.212. The van der Waals surface area contributed by atoms with Gasteiger partial charge in [-0.25, -0.2) is 9.48 Å². The lowest BCUT2D eigenvalue weighted by Gasteiger charge is -2.14. The lowest BCUT2D eigenvalue weighted by atomic mass is 9.92. The van der Waals surface area contributed by atoms with Crippen LogP contribution >= 0.6 is 0 Å². The minimum absolute atomic E-state index is 0.0362. The van der Waals surface area contributed by atoms with Crippen LogP contribution in [0.3, 0.4) is 0 Å². The average Bonchev–Trinajstić information content (AvgIpc) is 3.39. The summed E-state index contributed by atoms with van der Waals surface area (Å²) in [7, 11) is 0. The first-order valence-corrected chi connectivity index (χ1v) is 13.7. The number of anilines is 2. The summed E-state index contributed by atoms with van der Waals surface area (Å²) in [5, 5.41) is 12.4. The molecule has 42 heavy (non-hydrogen) atoms. The molecule has 0 spiro atoms. The number of carbonyl (C=O) groups excluding carboxylic acids is 2. The number of nitrogens with one attached hydrogen (secondary N) is 2. The number of hydrogen-bond donors (Lipinski definition) is 3. The summed E-state index contributed by atoms with van der Waals surface area (Å²) >= 11 is 0. The molecule has 2 aromatic heterocycles. The van der Waals surface area contributed by atoms with E-state index in [2.05, 4.69) is 36.4 Å². The zero-order chi connectivity index (χ0) is 29.9. The number of aryl methyl sites for hydroxylation is 1. The first-order chi connectivity index (χ1) is 20.1. The molecule has 0 saturated carbocycles. The second kappa shape index (κ2) is 11.8. The molecule has 2 heterocycles. The first kappa shape index (κ1) is 28.5. The van der Waals surface area contributed by atoms with E-state index < -0.39 is 6.03 Å². The Labute approximate surface area is 244 Å². The predicted molar refractivity (Wildman–Crippen MR) is 166 cm³/mol. The number of rotatable bonds is 8. The third-order valence-corrected chi connectivity index (χ3v) is 6.75. The zero-order valence-corrected chi connectivity index (χ0v) is 24.1. The predicted octanol–water partition coefficient (Wildman–Crippen LogP) is 6.53. The standard InChI is InChI=1S/C33H34N6O3/c1-21-9-11-23(12-10-21)39-31(19-30(38-39)33(2,3)4)37-32(41)36-28-13-14-29(27-8-6-5-7-26(27)28)42-25-15-16-35-22(18-25)17-24(40)20-34/h5-16,18-19H,17,20,34H2,1-4H3,(H2,36,37,41). The lowest BCUT2D eigenvalue weighted by molar-refractivity contribution is -0.117. The van der Waals surface area contributed by atoms with Crippen molar-refractivity contribution < 1.29 is 14.3 Å². The van der Waals surface area contributed by atoms with Crippen LogP contribution in [0.4, 0.5) is 16.3 Å². The molecule has 9 heteroatoms. The second-order valence-electron chi connectivity index (χ2n) is 11.2. The van der Waals surface area contributed by atoms with Crippen LogP contribution in [0.5, 0.6) is 11.5 Å². The zero-order valence-electron chi connectivity index (χ0n) is 24.1. The first-order valence-electron chi connectivity index (χ1n) is 13.7. The highest BCUT2D eigenvalue weighted by Gasteiger charge is 2.22. The lowest BCUT2D eigenvalue weighted by Crippen LogP contribution is -2.21. The van der Waals surface area contributed by atoms with Crippen LogP contribution in [0.1, 0.15) is 37.7 Å². The molecule has 0 atom stereocenters. The largest absolute Gasteiger partial charge is 0.457 e. The number of pyridine rings is 1. The Morgan fingerprint density at radius 3 is 2.38 bits per heavy atom. The smallest absolute Gasteiger partial charge is 0.324 e. The van der Waals surface area contributed by atoms with E-state index in [1.807, 2.05) is 61.5 Å². The molecule has 0 aliphatic rings. The maximum atomic E-state index is 13.3. The number of Topliss-reactive ketones (excluding diaryl/α,β-unsaturated/α-hetero) is 1. The van der Waals surface area contributed by atoms with Crippen molar-refractivity contribution >= 4 is 34.1 Å². The van der Waals surface area contributed by atoms with Crippen LogP contribution in [0.25, 0.3) is 16.5 Å². The summed E-state index contributed by atoms with van der Waals surface area (Å²) in [6.07, 6.45) is 1.75. The third kappa shape index (κ3) is 6.47. The Bertz CT molecular complexity index is 1750. The maximum absolute atomic E-state index is 13.3. The van der Waals surface area contributed by atoms with Gasteiger partial charge in [-0.1, -0.05) is 62.7 Å². The number of benzene rings is 3. The second-order valence-corrected chi connectivity index (χ2v) is 11.2. The summed E-state index contributed by atoms with van der Waals surface area (Å²) in [4.78, 5) is 29.3. The van der Waals surface area contributed by atoms with E-state index in [1.54, 1.807) is 35.1 Å². The molecule has 5 rings (SSSR count). The van der Waals surface area contributed by atoms with Crippen molar-refractivity contribution in [1.82, 2.24) is 14.8 Å². The van der Waals surface area contributed by atoms with Gasteiger partial charge < -0.3 is 15.8 Å². The quantitative estimate of drug-likeness (QED) is 0.197. The van der Waals surface area contributed by atoms with Crippen LogP contribution in [-0.4, -0.2) is 33.1 Å². The van der Waals surface area contributed by atoms with Gasteiger partial charge >= 0.3 is 6.03 Å². The average molecular weight is 563 g/mol. The van der Waals surface area contributed by atoms with Crippen molar-refractivity contribution in [3.8, 4) is 17.2 Å². The number of hydrogen-bond acceptors (Lipinski definition) is 6. The van der Waals surface area contributed by atoms with E-state index in [0.717, 1.165) is 27.7 Å². The topological polar surface area (TPSA) is 124 Å². The van der Waals surface area contributed by atoms with Gasteiger partial charge in [-0.2, -0.15) is 5.10 Å². The van der Waals surface area contributed by atoms with E-state index in [9.17, 15) is 9.59 Å². The van der Waals surface area contributed by atoms with E-state index >= 15 is 0 Å². The highest BCUT2D eigenvalue weighted by molar-refractivity contribution is 6.07. The molecule has 0 bridgehead atoms. The van der Waals surface area contributed by atoms with Gasteiger partial charge in [0, 0.05) is 34.5 Å². The molecule has 0 saturated heterocycles. The Morgan fingerprint density at radius 2 is 1.67 bits per heavy atom. The molecule has 2 amide bonds. The van der Waals surface area contributed by atoms with Crippen LogP contribution in [0.2, 0.25) is 0 Å². The van der Waals surface area contributed by atoms with Crippen molar-refractivity contribution in [3.63, 3.8) is 0 Å². The molecule has 9 nitrogen and oxygen atoms in total. The summed E-state index contributed by atoms with van der Waals surface area (Å²) in [5.41, 5.74) is 9.30. The molecule has 3 aromatic carbocycles. The third-order valence-electron chi connectivity index (χ3n) is 6.75. The van der Waals surface area contributed by atoms with Crippen molar-refractivity contribution in [2.75, 3.05) is 17.2 Å². The summed E-state index contributed by atoms with van der Waals surface area (Å²) in [6.45, 7) is 8.24. The highest BCUT2D eigenvalue weighted by atomic mass is 16.5. The fourth-order valence-electron chi connectivity index (χ4n) is 4.48. The number of carbonyl (C=O) groups is 2. The minimum atomic E-state index is -0.397. The molecule has 0 unspecified atom stereocenters. The minimum Gasteiger partial charge on any atom is -0.457 e. The van der Waals surface area contributed by atoms with Gasteiger partial charge in [0.15, 0.2) is 5.78 Å². The molecule has 0 fully saturated rings. The van der Waals surface area contributed by atoms with Gasteiger partial charge in [0.1, 0.15) is 17.3 Å². The number of ether oxygens (including phenoxy) is 1. The molecule has 4 N–H and O–H groups in total. The molecule has 214 valence electrons. The van der Waals surface area contributed by atoms with Crippen LogP contribution in [-0.2, 0) is 16.6 Å². The SMILES string of the molecule is Cc1ccc(-n2nc(C(C)(C)C)cc2NC(=O)Nc2ccc(Oc3ccnc(CC(=O)CN)c3)c3ccccc23)cc1. The molecule has 0 radical (unpaired) electrons. The molecule has 5 aromatic rings. The number of nitrogens with two attached hydrogens (primary N) is 1. The number of aromatic nitrogens is 3. The van der Waals surface area contributed by atoms with E-state index in [0.29, 0.717) is 28.7 Å². The van der Waals surface area contributed by atoms with Crippen LogP contribution < -0.4 is 21.1 Å². The Hall–Kier alpha value is -5.02. The number of nitrogens with zero attached hydrogens (tertiary/aromatic N) is 3. The van der Waals surface area contributed by atoms with Gasteiger partial charge in [0.05, 0.1) is 35.7 Å². The van der Waals surface area contributed by atoms with Gasteiger partial charge in [-0.15, -0.1) is 0 Å². The van der Waals surface area contributed by atoms with Gasteiger partial charge in [0.25, 0.3) is 0 Å². The van der Waals surface area contributed by atoms with E-state index in [1.165, 1.54) is 0 Å². The molecule has 0 aliphatic carbocycles. The summed E-state index contributed by atoms with van der Waals surface area (Å²) in [5.74, 6) is 1.61. The van der Waals surface area contributed by atoms with Gasteiger partial charge in [0.2, 0.25) is 0 Å². The Balaban J connectivity index is 1.40. The number of ketones is 1. The number of urea groups is 1. The maximum Gasteiger partial charge on any atom is 0.324 e. The normalized spacial score (nSPS) is 11.4. The van der Waals surface area contributed by atoms with Crippen LogP contribution in [0.15, 0.2) is 85.1 Å². The van der Waals surface area contributed by atoms with E-state index in [-0.39, 0.29) is 24.2 Å². The fourth-order valence-corrected chi connectivity index (χ4v) is 4.48. The van der Waals surface area contributed by atoms with Crippen molar-refractivity contribution in [1.29, 1.82) is 0 Å². The van der Waals surface area contributed by atoms with Crippen molar-refractivity contribution in [2.45, 2.75) is 39.5 Å². The Kier molecular flexibility index (Phi) is 8.04. The van der Waals surface area contributed by atoms with Crippen LogP contribution in [0, 0.1) is 6.92 Å². The summed E-state index contributed by atoms with van der Waals surface area (Å²) < 4.78 is 7.94. The van der Waals surface area contributed by atoms with Crippen molar-refractivity contribution in [2.24, 2.45) is 5.73 Å².